The zero-order chi connectivity index (χ0) is 28.3. The lowest BCUT2D eigenvalue weighted by molar-refractivity contribution is -0.114. The molecule has 2 N–H and O–H groups in total. The molecule has 0 atom stereocenters. The van der Waals surface area contributed by atoms with E-state index < -0.39 is 15.4 Å². The van der Waals surface area contributed by atoms with Crippen LogP contribution in [0.25, 0.3) is 11.3 Å². The number of ether oxygens (including phenoxy) is 2. The normalized spacial score (nSPS) is 18.4. The SMILES string of the molecule is CC(=O)Nc1cc(Nc2cc(N3CCC4(CC4)C3)cc(S(C)(=O)=O)n2)c(-c2ccc3c(n2)OCC(C)(C)O3)cn1. The van der Waals surface area contributed by atoms with Crippen LogP contribution in [-0.2, 0) is 14.6 Å². The van der Waals surface area contributed by atoms with Crippen LogP contribution in [0.15, 0.2) is 41.6 Å². The zero-order valence-corrected chi connectivity index (χ0v) is 23.8. The first kappa shape index (κ1) is 26.3. The quantitative estimate of drug-likeness (QED) is 0.449. The molecule has 210 valence electrons. The highest BCUT2D eigenvalue weighted by molar-refractivity contribution is 7.90. The van der Waals surface area contributed by atoms with Crippen molar-refractivity contribution in [2.75, 3.05) is 41.5 Å². The Labute approximate surface area is 233 Å². The summed E-state index contributed by atoms with van der Waals surface area (Å²) in [6, 6.07) is 8.77. The number of hydrogen-bond donors (Lipinski definition) is 2. The minimum atomic E-state index is -3.58. The van der Waals surface area contributed by atoms with E-state index in [1.807, 2.05) is 19.9 Å². The van der Waals surface area contributed by atoms with Gasteiger partial charge >= 0.3 is 0 Å². The summed E-state index contributed by atoms with van der Waals surface area (Å²) < 4.78 is 37.0. The largest absolute Gasteiger partial charge is 0.479 e. The summed E-state index contributed by atoms with van der Waals surface area (Å²) in [4.78, 5) is 27.5. The Morgan fingerprint density at radius 2 is 1.88 bits per heavy atom. The molecule has 0 unspecified atom stereocenters. The average molecular weight is 565 g/mol. The molecule has 1 saturated carbocycles. The molecule has 3 aliphatic rings. The van der Waals surface area contributed by atoms with Gasteiger partial charge in [0.25, 0.3) is 5.88 Å². The maximum absolute atomic E-state index is 12.6. The molecule has 1 aliphatic carbocycles. The number of nitrogens with one attached hydrogen (secondary N) is 2. The Hall–Kier alpha value is -3.93. The minimum Gasteiger partial charge on any atom is -0.479 e. The van der Waals surface area contributed by atoms with Gasteiger partial charge in [-0.15, -0.1) is 0 Å². The van der Waals surface area contributed by atoms with Crippen LogP contribution in [-0.4, -0.2) is 60.8 Å². The summed E-state index contributed by atoms with van der Waals surface area (Å²) in [7, 11) is -3.58. The molecule has 1 spiro atoms. The molecule has 1 saturated heterocycles. The smallest absolute Gasteiger partial charge is 0.257 e. The van der Waals surface area contributed by atoms with E-state index >= 15 is 0 Å². The molecule has 1 amide bonds. The van der Waals surface area contributed by atoms with E-state index in [0.717, 1.165) is 31.5 Å². The van der Waals surface area contributed by atoms with Crippen molar-refractivity contribution < 1.29 is 22.7 Å². The summed E-state index contributed by atoms with van der Waals surface area (Å²) in [5, 5.41) is 5.97. The first-order valence-electron chi connectivity index (χ1n) is 13.2. The number of fused-ring (bicyclic) bond motifs is 1. The van der Waals surface area contributed by atoms with E-state index in [9.17, 15) is 13.2 Å². The summed E-state index contributed by atoms with van der Waals surface area (Å²) in [6.07, 6.45) is 6.28. The van der Waals surface area contributed by atoms with E-state index in [1.165, 1.54) is 19.8 Å². The number of amides is 1. The predicted molar refractivity (Wildman–Crippen MR) is 151 cm³/mol. The Morgan fingerprint density at radius 3 is 2.58 bits per heavy atom. The third-order valence-corrected chi connectivity index (χ3v) is 8.41. The van der Waals surface area contributed by atoms with Gasteiger partial charge in [0.15, 0.2) is 20.6 Å². The van der Waals surface area contributed by atoms with Gasteiger partial charge < -0.3 is 25.0 Å². The molecule has 3 aromatic heterocycles. The summed E-state index contributed by atoms with van der Waals surface area (Å²) >= 11 is 0. The zero-order valence-electron chi connectivity index (χ0n) is 22.9. The number of rotatable bonds is 6. The lowest BCUT2D eigenvalue weighted by Gasteiger charge is -2.31. The van der Waals surface area contributed by atoms with Crippen molar-refractivity contribution in [3.63, 3.8) is 0 Å². The minimum absolute atomic E-state index is 0.0120. The molecule has 0 aromatic carbocycles. The maximum atomic E-state index is 12.6. The topological polar surface area (TPSA) is 136 Å². The first-order valence-corrected chi connectivity index (χ1v) is 15.1. The third-order valence-electron chi connectivity index (χ3n) is 7.44. The van der Waals surface area contributed by atoms with Crippen LogP contribution in [0.5, 0.6) is 11.6 Å². The summed E-state index contributed by atoms with van der Waals surface area (Å²) in [5.74, 6) is 1.33. The molecule has 5 heterocycles. The fourth-order valence-corrected chi connectivity index (χ4v) is 5.75. The van der Waals surface area contributed by atoms with E-state index in [-0.39, 0.29) is 10.9 Å². The number of aromatic nitrogens is 3. The molecule has 40 heavy (non-hydrogen) atoms. The molecule has 0 radical (unpaired) electrons. The average Bonchev–Trinajstić information content (AvgIpc) is 3.50. The number of carbonyl (C=O) groups excluding carboxylic acids is 1. The monoisotopic (exact) mass is 564 g/mol. The molecule has 2 aliphatic heterocycles. The highest BCUT2D eigenvalue weighted by Gasteiger charge is 2.47. The van der Waals surface area contributed by atoms with Crippen molar-refractivity contribution in [3.8, 4) is 22.9 Å². The second-order valence-electron chi connectivity index (χ2n) is 11.6. The van der Waals surface area contributed by atoms with Crippen molar-refractivity contribution in [2.24, 2.45) is 5.41 Å². The maximum Gasteiger partial charge on any atom is 0.257 e. The van der Waals surface area contributed by atoms with Crippen LogP contribution in [0.1, 0.15) is 40.0 Å². The van der Waals surface area contributed by atoms with Gasteiger partial charge in [-0.3, -0.25) is 4.79 Å². The fourth-order valence-electron chi connectivity index (χ4n) is 5.15. The molecular formula is C28H32N6O5S. The first-order chi connectivity index (χ1) is 18.9. The van der Waals surface area contributed by atoms with Gasteiger partial charge in [0.05, 0.1) is 11.4 Å². The molecule has 2 fully saturated rings. The number of hydrogen-bond acceptors (Lipinski definition) is 10. The van der Waals surface area contributed by atoms with E-state index in [0.29, 0.717) is 52.2 Å². The second-order valence-corrected chi connectivity index (χ2v) is 13.5. The highest BCUT2D eigenvalue weighted by Crippen LogP contribution is 2.53. The Bertz CT molecular complexity index is 1620. The molecule has 11 nitrogen and oxygen atoms in total. The highest BCUT2D eigenvalue weighted by atomic mass is 32.2. The molecule has 0 bridgehead atoms. The van der Waals surface area contributed by atoms with Gasteiger partial charge in [-0.25, -0.2) is 23.4 Å². The molecule has 3 aromatic rings. The van der Waals surface area contributed by atoms with Crippen molar-refractivity contribution in [1.82, 2.24) is 15.0 Å². The van der Waals surface area contributed by atoms with Crippen LogP contribution in [0.2, 0.25) is 0 Å². The van der Waals surface area contributed by atoms with Gasteiger partial charge in [0.2, 0.25) is 5.91 Å². The summed E-state index contributed by atoms with van der Waals surface area (Å²) in [5.41, 5.74) is 2.41. The van der Waals surface area contributed by atoms with Gasteiger partial charge in [-0.1, -0.05) is 0 Å². The van der Waals surface area contributed by atoms with Crippen LogP contribution in [0.4, 0.5) is 23.0 Å². The summed E-state index contributed by atoms with van der Waals surface area (Å²) in [6.45, 7) is 7.41. The van der Waals surface area contributed by atoms with Crippen LogP contribution < -0.4 is 25.0 Å². The lowest BCUT2D eigenvalue weighted by Crippen LogP contribution is -2.39. The van der Waals surface area contributed by atoms with Crippen molar-refractivity contribution in [3.05, 3.63) is 36.5 Å². The number of carbonyl (C=O) groups is 1. The predicted octanol–water partition coefficient (Wildman–Crippen LogP) is 4.18. The van der Waals surface area contributed by atoms with Gasteiger partial charge in [0, 0.05) is 55.8 Å². The number of anilines is 4. The molecule has 12 heteroatoms. The Kier molecular flexibility index (Phi) is 6.13. The van der Waals surface area contributed by atoms with Crippen molar-refractivity contribution >= 4 is 38.8 Å². The second kappa shape index (κ2) is 9.33. The Balaban J connectivity index is 1.40. The van der Waals surface area contributed by atoms with Gasteiger partial charge in [-0.05, 0) is 56.7 Å². The molecule has 6 rings (SSSR count). The standard InChI is InChI=1S/C28H32N6O5S/c1-17(35)30-23-13-21(19(14-29-23)20-5-6-22-26(32-20)38-16-27(2,3)39-22)31-24-11-18(12-25(33-24)40(4,36)37)34-10-9-28(15-34)7-8-28/h5-6,11-14H,7-10,15-16H2,1-4H3,(H2,29,30,31,33,35). The number of pyridine rings is 3. The van der Waals surface area contributed by atoms with Gasteiger partial charge in [-0.2, -0.15) is 0 Å². The van der Waals surface area contributed by atoms with E-state index in [4.69, 9.17) is 9.47 Å². The van der Waals surface area contributed by atoms with Crippen LogP contribution >= 0.6 is 0 Å². The van der Waals surface area contributed by atoms with Crippen molar-refractivity contribution in [1.29, 1.82) is 0 Å². The van der Waals surface area contributed by atoms with Crippen LogP contribution in [0, 0.1) is 5.41 Å². The number of sulfone groups is 1. The fraction of sp³-hybridized carbons (Fsp3) is 0.429. The van der Waals surface area contributed by atoms with Gasteiger partial charge in [0.1, 0.15) is 23.8 Å². The molecular weight excluding hydrogens is 532 g/mol. The number of nitrogens with zero attached hydrogens (tertiary/aromatic N) is 4. The van der Waals surface area contributed by atoms with Crippen LogP contribution in [0.3, 0.4) is 0 Å². The lowest BCUT2D eigenvalue weighted by atomic mass is 10.1. The Morgan fingerprint density at radius 1 is 1.07 bits per heavy atom. The van der Waals surface area contributed by atoms with Crippen molar-refractivity contribution in [2.45, 2.75) is 50.7 Å². The van der Waals surface area contributed by atoms with E-state index in [1.54, 1.807) is 30.5 Å². The van der Waals surface area contributed by atoms with E-state index in [2.05, 4.69) is 30.5 Å². The third kappa shape index (κ3) is 5.40.